The molecule has 3 aromatic rings. The van der Waals surface area contributed by atoms with Crippen LogP contribution in [0.25, 0.3) is 23.1 Å². The van der Waals surface area contributed by atoms with Crippen molar-refractivity contribution in [3.63, 3.8) is 0 Å². The summed E-state index contributed by atoms with van der Waals surface area (Å²) in [7, 11) is 1.82. The number of pyridine rings is 1. The smallest absolute Gasteiger partial charge is 0.276 e. The van der Waals surface area contributed by atoms with Gasteiger partial charge in [0, 0.05) is 19.4 Å². The van der Waals surface area contributed by atoms with Crippen molar-refractivity contribution in [2.24, 2.45) is 7.05 Å². The summed E-state index contributed by atoms with van der Waals surface area (Å²) in [4.78, 5) is 8.44. The number of rotatable bonds is 2. The molecule has 0 aromatic carbocycles. The summed E-state index contributed by atoms with van der Waals surface area (Å²) < 4.78 is 6.86. The average molecular weight is 227 g/mol. The lowest BCUT2D eigenvalue weighted by atomic mass is 10.3. The van der Waals surface area contributed by atoms with E-state index < -0.39 is 0 Å². The molecule has 6 nitrogen and oxygen atoms in total. The van der Waals surface area contributed by atoms with Crippen LogP contribution in [0, 0.1) is 0 Å². The number of aromatic nitrogens is 5. The molecule has 0 radical (unpaired) electrons. The molecule has 0 saturated heterocycles. The van der Waals surface area contributed by atoms with Gasteiger partial charge in [0.2, 0.25) is 5.82 Å². The molecule has 0 fully saturated rings. The van der Waals surface area contributed by atoms with Gasteiger partial charge in [0.1, 0.15) is 11.4 Å². The predicted octanol–water partition coefficient (Wildman–Crippen LogP) is 1.53. The first kappa shape index (κ1) is 9.71. The van der Waals surface area contributed by atoms with Gasteiger partial charge in [-0.1, -0.05) is 11.2 Å². The number of nitrogens with zero attached hydrogens (tertiary/aromatic N) is 5. The molecule has 0 aliphatic heterocycles. The predicted molar refractivity (Wildman–Crippen MR) is 59.7 cm³/mol. The van der Waals surface area contributed by atoms with Gasteiger partial charge in [0.25, 0.3) is 5.89 Å². The molecule has 84 valence electrons. The largest absolute Gasteiger partial charge is 0.332 e. The van der Waals surface area contributed by atoms with Crippen LogP contribution in [0.3, 0.4) is 0 Å². The summed E-state index contributed by atoms with van der Waals surface area (Å²) in [5.41, 5.74) is 1.46. The molecule has 3 aromatic heterocycles. The Morgan fingerprint density at radius 2 is 2.12 bits per heavy atom. The van der Waals surface area contributed by atoms with Gasteiger partial charge in [-0.15, -0.1) is 0 Å². The zero-order valence-electron chi connectivity index (χ0n) is 9.11. The minimum atomic E-state index is 0.436. The van der Waals surface area contributed by atoms with Crippen molar-refractivity contribution < 1.29 is 4.52 Å². The topological polar surface area (TPSA) is 69.6 Å². The van der Waals surface area contributed by atoms with E-state index in [0.717, 1.165) is 5.69 Å². The zero-order chi connectivity index (χ0) is 11.7. The molecule has 0 aliphatic rings. The summed E-state index contributed by atoms with van der Waals surface area (Å²) >= 11 is 0. The Labute approximate surface area is 96.9 Å². The van der Waals surface area contributed by atoms with Crippen LogP contribution in [0.2, 0.25) is 0 Å². The van der Waals surface area contributed by atoms with Crippen LogP contribution in [-0.4, -0.2) is 24.9 Å². The standard InChI is InChI=1S/C11H9N5O/c1-16-9(5-7-13-16)11-14-10(15-17-11)8-4-2-3-6-12-8/h2-7H,1H3. The zero-order valence-corrected chi connectivity index (χ0v) is 9.11. The maximum atomic E-state index is 5.18. The molecule has 0 aliphatic carbocycles. The van der Waals surface area contributed by atoms with Gasteiger partial charge in [0.05, 0.1) is 0 Å². The van der Waals surface area contributed by atoms with Crippen molar-refractivity contribution in [2.45, 2.75) is 0 Å². The Hall–Kier alpha value is -2.50. The lowest BCUT2D eigenvalue weighted by Gasteiger charge is -1.93. The average Bonchev–Trinajstić information content (AvgIpc) is 2.98. The summed E-state index contributed by atoms with van der Waals surface area (Å²) in [5, 5.41) is 7.94. The molecule has 0 N–H and O–H groups in total. The molecule has 0 amide bonds. The van der Waals surface area contributed by atoms with Gasteiger partial charge in [-0.05, 0) is 18.2 Å². The Bertz CT molecular complexity index is 628. The van der Waals surface area contributed by atoms with E-state index in [1.165, 1.54) is 0 Å². The SMILES string of the molecule is Cn1nccc1-c1nc(-c2ccccn2)no1. The lowest BCUT2D eigenvalue weighted by Crippen LogP contribution is -1.93. The fraction of sp³-hybridized carbons (Fsp3) is 0.0909. The minimum Gasteiger partial charge on any atom is -0.332 e. The van der Waals surface area contributed by atoms with Crippen molar-refractivity contribution in [1.29, 1.82) is 0 Å². The molecular formula is C11H9N5O. The van der Waals surface area contributed by atoms with Crippen LogP contribution in [0.15, 0.2) is 41.2 Å². The normalized spacial score (nSPS) is 10.6. The Morgan fingerprint density at radius 1 is 1.18 bits per heavy atom. The molecule has 0 unspecified atom stereocenters. The molecule has 0 saturated carbocycles. The van der Waals surface area contributed by atoms with E-state index in [2.05, 4.69) is 20.2 Å². The van der Waals surface area contributed by atoms with Gasteiger partial charge in [-0.2, -0.15) is 10.1 Å². The molecule has 6 heteroatoms. The maximum absolute atomic E-state index is 5.18. The fourth-order valence-electron chi connectivity index (χ4n) is 1.51. The summed E-state index contributed by atoms with van der Waals surface area (Å²) in [6.07, 6.45) is 3.37. The second-order valence-electron chi connectivity index (χ2n) is 3.48. The molecular weight excluding hydrogens is 218 g/mol. The highest BCUT2D eigenvalue weighted by Gasteiger charge is 2.13. The van der Waals surface area contributed by atoms with E-state index in [0.29, 0.717) is 17.4 Å². The maximum Gasteiger partial charge on any atom is 0.276 e. The first-order valence-corrected chi connectivity index (χ1v) is 5.08. The second kappa shape index (κ2) is 3.82. The number of aryl methyl sites for hydroxylation is 1. The van der Waals surface area contributed by atoms with E-state index in [4.69, 9.17) is 4.52 Å². The van der Waals surface area contributed by atoms with E-state index in [-0.39, 0.29) is 0 Å². The minimum absolute atomic E-state index is 0.436. The van der Waals surface area contributed by atoms with Crippen molar-refractivity contribution >= 4 is 0 Å². The highest BCUT2D eigenvalue weighted by molar-refractivity contribution is 5.53. The quantitative estimate of drug-likeness (QED) is 0.664. The van der Waals surface area contributed by atoms with Crippen molar-refractivity contribution in [1.82, 2.24) is 24.9 Å². The summed E-state index contributed by atoms with van der Waals surface area (Å²) in [6, 6.07) is 7.36. The highest BCUT2D eigenvalue weighted by Crippen LogP contribution is 2.19. The molecule has 0 atom stereocenters. The van der Waals surface area contributed by atoms with E-state index in [1.54, 1.807) is 17.1 Å². The van der Waals surface area contributed by atoms with Gasteiger partial charge < -0.3 is 4.52 Å². The van der Waals surface area contributed by atoms with Crippen molar-refractivity contribution in [3.05, 3.63) is 36.7 Å². The Kier molecular flexibility index (Phi) is 2.18. The number of hydrogen-bond acceptors (Lipinski definition) is 5. The van der Waals surface area contributed by atoms with Crippen LogP contribution in [0.5, 0.6) is 0 Å². The van der Waals surface area contributed by atoms with Crippen molar-refractivity contribution in [3.8, 4) is 23.1 Å². The lowest BCUT2D eigenvalue weighted by molar-refractivity contribution is 0.428. The van der Waals surface area contributed by atoms with E-state index >= 15 is 0 Å². The third-order valence-corrected chi connectivity index (χ3v) is 2.36. The van der Waals surface area contributed by atoms with Crippen LogP contribution >= 0.6 is 0 Å². The number of hydrogen-bond donors (Lipinski definition) is 0. The van der Waals surface area contributed by atoms with Crippen molar-refractivity contribution in [2.75, 3.05) is 0 Å². The monoisotopic (exact) mass is 227 g/mol. The van der Waals surface area contributed by atoms with Crippen LogP contribution in [-0.2, 0) is 7.05 Å². The first-order valence-electron chi connectivity index (χ1n) is 5.08. The van der Waals surface area contributed by atoms with Crippen LogP contribution in [0.1, 0.15) is 0 Å². The third-order valence-electron chi connectivity index (χ3n) is 2.36. The molecule has 17 heavy (non-hydrogen) atoms. The first-order chi connectivity index (χ1) is 8.34. The van der Waals surface area contributed by atoms with Crippen LogP contribution < -0.4 is 0 Å². The molecule has 3 rings (SSSR count). The van der Waals surface area contributed by atoms with Gasteiger partial charge in [0.15, 0.2) is 0 Å². The van der Waals surface area contributed by atoms with Gasteiger partial charge in [-0.25, -0.2) is 0 Å². The highest BCUT2D eigenvalue weighted by atomic mass is 16.5. The van der Waals surface area contributed by atoms with Crippen LogP contribution in [0.4, 0.5) is 0 Å². The summed E-state index contributed by atoms with van der Waals surface area (Å²) in [6.45, 7) is 0. The Morgan fingerprint density at radius 3 is 2.82 bits per heavy atom. The fourth-order valence-corrected chi connectivity index (χ4v) is 1.51. The van der Waals surface area contributed by atoms with E-state index in [1.807, 2.05) is 31.3 Å². The van der Waals surface area contributed by atoms with Gasteiger partial charge in [-0.3, -0.25) is 9.67 Å². The second-order valence-corrected chi connectivity index (χ2v) is 3.48. The van der Waals surface area contributed by atoms with Gasteiger partial charge >= 0.3 is 0 Å². The third kappa shape index (κ3) is 1.69. The summed E-state index contributed by atoms with van der Waals surface area (Å²) in [5.74, 6) is 0.910. The Balaban J connectivity index is 2.02. The molecule has 0 bridgehead atoms. The molecule has 3 heterocycles. The van der Waals surface area contributed by atoms with E-state index in [9.17, 15) is 0 Å². The molecule has 0 spiro atoms.